The summed E-state index contributed by atoms with van der Waals surface area (Å²) in [5.74, 6) is -0.418. The van der Waals surface area contributed by atoms with Gasteiger partial charge in [-0.05, 0) is 37.3 Å². The molecule has 100 valence electrons. The Morgan fingerprint density at radius 2 is 2.00 bits per heavy atom. The molecule has 1 fully saturated rings. The number of nitrogens with zero attached hydrogens (tertiary/aromatic N) is 1. The van der Waals surface area contributed by atoms with Crippen LogP contribution in [0.2, 0.25) is 0 Å². The Labute approximate surface area is 112 Å². The number of amides is 2. The maximum Gasteiger partial charge on any atom is 0.254 e. The molecule has 0 spiro atoms. The van der Waals surface area contributed by atoms with Gasteiger partial charge in [0.2, 0.25) is 5.91 Å². The van der Waals surface area contributed by atoms with E-state index in [0.29, 0.717) is 6.54 Å². The third kappa shape index (κ3) is 2.11. The van der Waals surface area contributed by atoms with Crippen molar-refractivity contribution >= 4 is 11.8 Å². The SMILES string of the molecule is NC(=O)C1CCC2CCc3ccccc3C(=O)N2C1. The number of hydrogen-bond acceptors (Lipinski definition) is 2. The summed E-state index contributed by atoms with van der Waals surface area (Å²) in [6, 6.07) is 8.04. The molecule has 1 aromatic rings. The summed E-state index contributed by atoms with van der Waals surface area (Å²) in [7, 11) is 0. The number of rotatable bonds is 1. The largest absolute Gasteiger partial charge is 0.369 e. The van der Waals surface area contributed by atoms with Crippen LogP contribution in [0.3, 0.4) is 0 Å². The van der Waals surface area contributed by atoms with Crippen LogP contribution < -0.4 is 5.73 Å². The third-order valence-corrected chi connectivity index (χ3v) is 4.36. The number of fused-ring (bicyclic) bond motifs is 2. The zero-order valence-electron chi connectivity index (χ0n) is 10.8. The molecule has 0 bridgehead atoms. The molecule has 2 aliphatic rings. The number of nitrogens with two attached hydrogens (primary N) is 1. The number of primary amides is 1. The molecular formula is C15H18N2O2. The quantitative estimate of drug-likeness (QED) is 0.826. The van der Waals surface area contributed by atoms with Crippen LogP contribution in [0.15, 0.2) is 24.3 Å². The van der Waals surface area contributed by atoms with Crippen LogP contribution in [-0.2, 0) is 11.2 Å². The Morgan fingerprint density at radius 1 is 1.21 bits per heavy atom. The van der Waals surface area contributed by atoms with Crippen molar-refractivity contribution in [3.05, 3.63) is 35.4 Å². The van der Waals surface area contributed by atoms with E-state index < -0.39 is 0 Å². The zero-order chi connectivity index (χ0) is 13.4. The van der Waals surface area contributed by atoms with E-state index in [1.54, 1.807) is 0 Å². The number of carbonyl (C=O) groups is 2. The summed E-state index contributed by atoms with van der Waals surface area (Å²) in [4.78, 5) is 25.8. The molecule has 0 saturated carbocycles. The van der Waals surface area contributed by atoms with Gasteiger partial charge in [-0.2, -0.15) is 0 Å². The van der Waals surface area contributed by atoms with Crippen molar-refractivity contribution in [2.24, 2.45) is 11.7 Å². The van der Waals surface area contributed by atoms with Gasteiger partial charge in [0.1, 0.15) is 0 Å². The molecule has 19 heavy (non-hydrogen) atoms. The van der Waals surface area contributed by atoms with E-state index in [-0.39, 0.29) is 23.8 Å². The van der Waals surface area contributed by atoms with Gasteiger partial charge in [-0.3, -0.25) is 9.59 Å². The highest BCUT2D eigenvalue weighted by Gasteiger charge is 2.36. The van der Waals surface area contributed by atoms with Crippen LogP contribution >= 0.6 is 0 Å². The summed E-state index contributed by atoms with van der Waals surface area (Å²) in [6.45, 7) is 0.479. The van der Waals surface area contributed by atoms with Crippen LogP contribution in [0.5, 0.6) is 0 Å². The van der Waals surface area contributed by atoms with Crippen molar-refractivity contribution in [2.45, 2.75) is 31.7 Å². The first-order valence-corrected chi connectivity index (χ1v) is 6.85. The first-order valence-electron chi connectivity index (χ1n) is 6.85. The third-order valence-electron chi connectivity index (χ3n) is 4.36. The highest BCUT2D eigenvalue weighted by Crippen LogP contribution is 2.30. The van der Waals surface area contributed by atoms with E-state index in [9.17, 15) is 9.59 Å². The maximum absolute atomic E-state index is 12.6. The number of hydrogen-bond donors (Lipinski definition) is 1. The first-order chi connectivity index (χ1) is 9.16. The smallest absolute Gasteiger partial charge is 0.254 e. The molecule has 2 aliphatic heterocycles. The fraction of sp³-hybridized carbons (Fsp3) is 0.467. The van der Waals surface area contributed by atoms with Gasteiger partial charge >= 0.3 is 0 Å². The van der Waals surface area contributed by atoms with Crippen LogP contribution in [0.1, 0.15) is 35.2 Å². The molecule has 3 rings (SSSR count). The normalized spacial score (nSPS) is 26.3. The average Bonchev–Trinajstić information content (AvgIpc) is 2.57. The topological polar surface area (TPSA) is 63.4 Å². The van der Waals surface area contributed by atoms with Gasteiger partial charge < -0.3 is 10.6 Å². The number of piperidine rings is 1. The van der Waals surface area contributed by atoms with Crippen molar-refractivity contribution in [1.29, 1.82) is 0 Å². The monoisotopic (exact) mass is 258 g/mol. The molecule has 2 amide bonds. The minimum Gasteiger partial charge on any atom is -0.369 e. The Balaban J connectivity index is 1.92. The fourth-order valence-electron chi connectivity index (χ4n) is 3.23. The second-order valence-electron chi connectivity index (χ2n) is 5.48. The van der Waals surface area contributed by atoms with Gasteiger partial charge in [-0.15, -0.1) is 0 Å². The van der Waals surface area contributed by atoms with Crippen LogP contribution in [-0.4, -0.2) is 29.3 Å². The summed E-state index contributed by atoms with van der Waals surface area (Å²) >= 11 is 0. The van der Waals surface area contributed by atoms with Gasteiger partial charge in [0.15, 0.2) is 0 Å². The predicted molar refractivity (Wildman–Crippen MR) is 71.5 cm³/mol. The molecule has 0 aromatic heterocycles. The predicted octanol–water partition coefficient (Wildman–Crippen LogP) is 1.34. The van der Waals surface area contributed by atoms with E-state index in [1.165, 1.54) is 0 Å². The number of benzene rings is 1. The summed E-state index contributed by atoms with van der Waals surface area (Å²) < 4.78 is 0. The van der Waals surface area contributed by atoms with Gasteiger partial charge in [0.05, 0.1) is 5.92 Å². The zero-order valence-corrected chi connectivity index (χ0v) is 10.8. The van der Waals surface area contributed by atoms with Crippen molar-refractivity contribution in [2.75, 3.05) is 6.54 Å². The Morgan fingerprint density at radius 3 is 2.79 bits per heavy atom. The van der Waals surface area contributed by atoms with E-state index >= 15 is 0 Å². The minimum absolute atomic E-state index is 0.0593. The molecule has 4 nitrogen and oxygen atoms in total. The van der Waals surface area contributed by atoms with Gasteiger partial charge in [-0.1, -0.05) is 18.2 Å². The maximum atomic E-state index is 12.6. The Hall–Kier alpha value is -1.84. The minimum atomic E-state index is -0.288. The van der Waals surface area contributed by atoms with E-state index in [2.05, 4.69) is 0 Å². The molecule has 2 unspecified atom stereocenters. The van der Waals surface area contributed by atoms with Crippen molar-refractivity contribution in [3.8, 4) is 0 Å². The highest BCUT2D eigenvalue weighted by molar-refractivity contribution is 5.96. The van der Waals surface area contributed by atoms with E-state index in [4.69, 9.17) is 5.73 Å². The molecule has 2 atom stereocenters. The Kier molecular flexibility index (Phi) is 3.01. The second kappa shape index (κ2) is 4.68. The first kappa shape index (κ1) is 12.2. The molecule has 1 aromatic carbocycles. The summed E-state index contributed by atoms with van der Waals surface area (Å²) in [5.41, 5.74) is 7.30. The van der Waals surface area contributed by atoms with Crippen LogP contribution in [0.4, 0.5) is 0 Å². The summed E-state index contributed by atoms with van der Waals surface area (Å²) in [6.07, 6.45) is 3.60. The standard InChI is InChI=1S/C15H18N2O2/c16-14(18)11-6-8-12-7-5-10-3-1-2-4-13(10)15(19)17(12)9-11/h1-4,11-12H,5-9H2,(H2,16,18). The van der Waals surface area contributed by atoms with Crippen molar-refractivity contribution < 1.29 is 9.59 Å². The lowest BCUT2D eigenvalue weighted by molar-refractivity contribution is -0.123. The Bertz CT molecular complexity index is 527. The molecule has 2 N–H and O–H groups in total. The van der Waals surface area contributed by atoms with Gasteiger partial charge in [0.25, 0.3) is 5.91 Å². The van der Waals surface area contributed by atoms with Gasteiger partial charge in [0, 0.05) is 18.2 Å². The van der Waals surface area contributed by atoms with Crippen molar-refractivity contribution in [3.63, 3.8) is 0 Å². The van der Waals surface area contributed by atoms with Crippen molar-refractivity contribution in [1.82, 2.24) is 4.90 Å². The average molecular weight is 258 g/mol. The molecule has 2 heterocycles. The second-order valence-corrected chi connectivity index (χ2v) is 5.48. The number of carbonyl (C=O) groups excluding carboxylic acids is 2. The molecule has 1 saturated heterocycles. The molecule has 0 radical (unpaired) electrons. The number of aryl methyl sites for hydroxylation is 1. The lowest BCUT2D eigenvalue weighted by atomic mass is 9.90. The van der Waals surface area contributed by atoms with Crippen LogP contribution in [0, 0.1) is 5.92 Å². The highest BCUT2D eigenvalue weighted by atomic mass is 16.2. The van der Waals surface area contributed by atoms with Gasteiger partial charge in [-0.25, -0.2) is 0 Å². The molecule has 4 heteroatoms. The lowest BCUT2D eigenvalue weighted by Gasteiger charge is -2.37. The molecule has 0 aliphatic carbocycles. The van der Waals surface area contributed by atoms with Crippen LogP contribution in [0.25, 0.3) is 0 Å². The van der Waals surface area contributed by atoms with E-state index in [1.807, 2.05) is 29.2 Å². The van der Waals surface area contributed by atoms with E-state index in [0.717, 1.165) is 36.8 Å². The summed E-state index contributed by atoms with van der Waals surface area (Å²) in [5, 5.41) is 0. The lowest BCUT2D eigenvalue weighted by Crippen LogP contribution is -2.49. The molecular weight excluding hydrogens is 240 g/mol. The fourth-order valence-corrected chi connectivity index (χ4v) is 3.23.